The number of benzene rings is 1. The fourth-order valence-electron chi connectivity index (χ4n) is 4.46. The SMILES string of the molecule is Cc1cc(C)n(CC2CCN(S(=O)(=O)c3ccc4c(c3)CCCC4)CC2)n1. The van der Waals surface area contributed by atoms with Crippen molar-refractivity contribution in [3.05, 3.63) is 46.8 Å². The maximum Gasteiger partial charge on any atom is 0.243 e. The summed E-state index contributed by atoms with van der Waals surface area (Å²) in [5, 5.41) is 4.55. The molecule has 1 aromatic heterocycles. The van der Waals surface area contributed by atoms with Gasteiger partial charge in [0, 0.05) is 25.3 Å². The summed E-state index contributed by atoms with van der Waals surface area (Å²) in [5.41, 5.74) is 4.77. The lowest BCUT2D eigenvalue weighted by Gasteiger charge is -2.31. The Morgan fingerprint density at radius 2 is 1.74 bits per heavy atom. The maximum atomic E-state index is 13.1. The quantitative estimate of drug-likeness (QED) is 0.807. The summed E-state index contributed by atoms with van der Waals surface area (Å²) in [5.74, 6) is 0.484. The van der Waals surface area contributed by atoms with E-state index in [0.29, 0.717) is 23.9 Å². The highest BCUT2D eigenvalue weighted by molar-refractivity contribution is 7.89. The van der Waals surface area contributed by atoms with E-state index in [2.05, 4.69) is 22.8 Å². The Morgan fingerprint density at radius 1 is 1.04 bits per heavy atom. The predicted octanol–water partition coefficient (Wildman–Crippen LogP) is 3.48. The standard InChI is InChI=1S/C21H29N3O2S/c1-16-13-17(2)24(22-16)15-18-9-11-23(12-10-18)27(25,26)21-8-7-19-5-3-4-6-20(19)14-21/h7-8,13-14,18H,3-6,9-12,15H2,1-2H3. The Morgan fingerprint density at radius 3 is 2.41 bits per heavy atom. The third-order valence-electron chi connectivity index (χ3n) is 6.07. The lowest BCUT2D eigenvalue weighted by Crippen LogP contribution is -2.39. The molecule has 0 radical (unpaired) electrons. The second kappa shape index (κ2) is 7.40. The predicted molar refractivity (Wildman–Crippen MR) is 106 cm³/mol. The number of rotatable bonds is 4. The van der Waals surface area contributed by atoms with Crippen LogP contribution in [-0.2, 0) is 29.4 Å². The van der Waals surface area contributed by atoms with Gasteiger partial charge in [0.2, 0.25) is 10.0 Å². The summed E-state index contributed by atoms with van der Waals surface area (Å²) in [6, 6.07) is 7.85. The van der Waals surface area contributed by atoms with Gasteiger partial charge in [-0.15, -0.1) is 0 Å². The molecule has 1 aliphatic heterocycles. The molecule has 4 rings (SSSR count). The van der Waals surface area contributed by atoms with Crippen molar-refractivity contribution in [1.82, 2.24) is 14.1 Å². The zero-order valence-electron chi connectivity index (χ0n) is 16.3. The van der Waals surface area contributed by atoms with E-state index in [1.54, 1.807) is 10.4 Å². The molecule has 0 bridgehead atoms. The Hall–Kier alpha value is -1.66. The van der Waals surface area contributed by atoms with Crippen molar-refractivity contribution in [3.63, 3.8) is 0 Å². The molecule has 0 amide bonds. The molecule has 6 heteroatoms. The first-order chi connectivity index (χ1) is 12.9. The molecule has 5 nitrogen and oxygen atoms in total. The van der Waals surface area contributed by atoms with Crippen LogP contribution in [0.2, 0.25) is 0 Å². The van der Waals surface area contributed by atoms with Crippen LogP contribution in [0.4, 0.5) is 0 Å². The number of aromatic nitrogens is 2. The number of aryl methyl sites for hydroxylation is 4. The van der Waals surface area contributed by atoms with Crippen LogP contribution in [0.25, 0.3) is 0 Å². The summed E-state index contributed by atoms with van der Waals surface area (Å²) in [7, 11) is -3.38. The minimum atomic E-state index is -3.38. The summed E-state index contributed by atoms with van der Waals surface area (Å²) >= 11 is 0. The van der Waals surface area contributed by atoms with Crippen molar-refractivity contribution in [1.29, 1.82) is 0 Å². The smallest absolute Gasteiger partial charge is 0.243 e. The van der Waals surface area contributed by atoms with Crippen LogP contribution < -0.4 is 0 Å². The van der Waals surface area contributed by atoms with E-state index < -0.39 is 10.0 Å². The summed E-state index contributed by atoms with van der Waals surface area (Å²) < 4.78 is 29.9. The van der Waals surface area contributed by atoms with E-state index in [0.717, 1.165) is 44.3 Å². The van der Waals surface area contributed by atoms with E-state index in [1.807, 2.05) is 19.1 Å². The molecule has 146 valence electrons. The van der Waals surface area contributed by atoms with Crippen molar-refractivity contribution < 1.29 is 8.42 Å². The van der Waals surface area contributed by atoms with Gasteiger partial charge in [-0.2, -0.15) is 9.40 Å². The lowest BCUT2D eigenvalue weighted by molar-refractivity contribution is 0.246. The Kier molecular flexibility index (Phi) is 5.12. The van der Waals surface area contributed by atoms with Crippen molar-refractivity contribution in [2.24, 2.45) is 5.92 Å². The molecule has 0 spiro atoms. The second-order valence-corrected chi connectivity index (χ2v) is 10.0. The van der Waals surface area contributed by atoms with Gasteiger partial charge in [0.1, 0.15) is 0 Å². The highest BCUT2D eigenvalue weighted by Gasteiger charge is 2.30. The molecule has 1 aromatic carbocycles. The topological polar surface area (TPSA) is 55.2 Å². The van der Waals surface area contributed by atoms with Gasteiger partial charge in [0.15, 0.2) is 0 Å². The molecule has 1 fully saturated rings. The van der Waals surface area contributed by atoms with Crippen molar-refractivity contribution in [2.45, 2.75) is 63.8 Å². The monoisotopic (exact) mass is 387 g/mol. The van der Waals surface area contributed by atoms with Crippen LogP contribution in [0.3, 0.4) is 0 Å². The molecule has 0 unspecified atom stereocenters. The van der Waals surface area contributed by atoms with E-state index >= 15 is 0 Å². The molecule has 2 aliphatic rings. The number of fused-ring (bicyclic) bond motifs is 1. The normalized spacial score (nSPS) is 19.2. The average Bonchev–Trinajstić information content (AvgIpc) is 2.98. The minimum absolute atomic E-state index is 0.472. The molecule has 0 atom stereocenters. The molecule has 2 heterocycles. The van der Waals surface area contributed by atoms with Crippen LogP contribution in [0, 0.1) is 19.8 Å². The zero-order valence-corrected chi connectivity index (χ0v) is 17.1. The van der Waals surface area contributed by atoms with Crippen LogP contribution in [0.5, 0.6) is 0 Å². The highest BCUT2D eigenvalue weighted by atomic mass is 32.2. The lowest BCUT2D eigenvalue weighted by atomic mass is 9.92. The van der Waals surface area contributed by atoms with Gasteiger partial charge in [0.05, 0.1) is 10.6 Å². The van der Waals surface area contributed by atoms with Gasteiger partial charge in [0.25, 0.3) is 0 Å². The largest absolute Gasteiger partial charge is 0.269 e. The van der Waals surface area contributed by atoms with E-state index in [9.17, 15) is 8.42 Å². The number of piperidine rings is 1. The highest BCUT2D eigenvalue weighted by Crippen LogP contribution is 2.28. The molecule has 1 aliphatic carbocycles. The number of sulfonamides is 1. The van der Waals surface area contributed by atoms with Crippen LogP contribution in [0.15, 0.2) is 29.2 Å². The number of hydrogen-bond donors (Lipinski definition) is 0. The molecule has 27 heavy (non-hydrogen) atoms. The third-order valence-corrected chi connectivity index (χ3v) is 7.96. The van der Waals surface area contributed by atoms with Crippen LogP contribution >= 0.6 is 0 Å². The maximum absolute atomic E-state index is 13.1. The number of hydrogen-bond acceptors (Lipinski definition) is 3. The molecule has 1 saturated heterocycles. The van der Waals surface area contributed by atoms with Gasteiger partial charge in [-0.1, -0.05) is 6.07 Å². The summed E-state index contributed by atoms with van der Waals surface area (Å²) in [6.45, 7) is 6.17. The van der Waals surface area contributed by atoms with Crippen LogP contribution in [-0.4, -0.2) is 35.6 Å². The fraction of sp³-hybridized carbons (Fsp3) is 0.571. The summed E-state index contributed by atoms with van der Waals surface area (Å²) in [6.07, 6.45) is 6.23. The molecular formula is C21H29N3O2S. The van der Waals surface area contributed by atoms with E-state index in [4.69, 9.17) is 0 Å². The van der Waals surface area contributed by atoms with E-state index in [-0.39, 0.29) is 0 Å². The third kappa shape index (κ3) is 3.83. The first-order valence-electron chi connectivity index (χ1n) is 10.1. The van der Waals surface area contributed by atoms with Gasteiger partial charge in [-0.05, 0) is 87.6 Å². The Labute approximate surface area is 162 Å². The molecule has 2 aromatic rings. The Balaban J connectivity index is 1.43. The minimum Gasteiger partial charge on any atom is -0.269 e. The van der Waals surface area contributed by atoms with E-state index in [1.165, 1.54) is 23.2 Å². The second-order valence-electron chi connectivity index (χ2n) is 8.09. The molecule has 0 saturated carbocycles. The van der Waals surface area contributed by atoms with Gasteiger partial charge >= 0.3 is 0 Å². The van der Waals surface area contributed by atoms with Gasteiger partial charge in [-0.25, -0.2) is 8.42 Å². The molecule has 0 N–H and O–H groups in total. The Bertz CT molecular complexity index is 925. The van der Waals surface area contributed by atoms with Crippen LogP contribution in [0.1, 0.15) is 48.2 Å². The van der Waals surface area contributed by atoms with Crippen molar-refractivity contribution >= 4 is 10.0 Å². The molecular weight excluding hydrogens is 358 g/mol. The average molecular weight is 388 g/mol. The first-order valence-corrected chi connectivity index (χ1v) is 11.5. The fourth-order valence-corrected chi connectivity index (χ4v) is 5.98. The van der Waals surface area contributed by atoms with Gasteiger partial charge in [-0.3, -0.25) is 4.68 Å². The van der Waals surface area contributed by atoms with Crippen molar-refractivity contribution in [2.75, 3.05) is 13.1 Å². The zero-order chi connectivity index (χ0) is 19.0. The van der Waals surface area contributed by atoms with Gasteiger partial charge < -0.3 is 0 Å². The first kappa shape index (κ1) is 18.7. The van der Waals surface area contributed by atoms with Crippen molar-refractivity contribution in [3.8, 4) is 0 Å². The summed E-state index contributed by atoms with van der Waals surface area (Å²) in [4.78, 5) is 0.472. The number of nitrogens with zero attached hydrogens (tertiary/aromatic N) is 3.